The van der Waals surface area contributed by atoms with Crippen molar-refractivity contribution in [3.63, 3.8) is 0 Å². The van der Waals surface area contributed by atoms with Gasteiger partial charge in [-0.25, -0.2) is 4.99 Å². The van der Waals surface area contributed by atoms with Crippen molar-refractivity contribution in [1.82, 2.24) is 5.32 Å². The summed E-state index contributed by atoms with van der Waals surface area (Å²) in [4.78, 5) is 15.2. The van der Waals surface area contributed by atoms with Gasteiger partial charge in [-0.1, -0.05) is 12.1 Å². The molecule has 2 aliphatic rings. The van der Waals surface area contributed by atoms with E-state index >= 15 is 0 Å². The molecule has 0 atom stereocenters. The fourth-order valence-corrected chi connectivity index (χ4v) is 2.98. The normalized spacial score (nSPS) is 19.1. The van der Waals surface area contributed by atoms with Gasteiger partial charge in [-0.3, -0.25) is 9.98 Å². The molecule has 0 saturated carbocycles. The molecule has 27 heavy (non-hydrogen) atoms. The average Bonchev–Trinajstić information content (AvgIpc) is 2.73. The van der Waals surface area contributed by atoms with Crippen LogP contribution < -0.4 is 16.0 Å². The van der Waals surface area contributed by atoms with Crippen LogP contribution in [-0.2, 0) is 4.74 Å². The van der Waals surface area contributed by atoms with Gasteiger partial charge in [-0.05, 0) is 24.9 Å². The maximum atomic E-state index is 5.58. The lowest BCUT2D eigenvalue weighted by atomic mass is 10.0. The van der Waals surface area contributed by atoms with Gasteiger partial charge in [0.2, 0.25) is 0 Å². The van der Waals surface area contributed by atoms with Crippen molar-refractivity contribution >= 4 is 24.0 Å². The second-order valence-corrected chi connectivity index (χ2v) is 6.22. The highest BCUT2D eigenvalue weighted by Crippen LogP contribution is 2.19. The zero-order valence-electron chi connectivity index (χ0n) is 15.5. The Kier molecular flexibility index (Phi) is 6.90. The van der Waals surface area contributed by atoms with Crippen molar-refractivity contribution in [3.05, 3.63) is 54.0 Å². The highest BCUT2D eigenvalue weighted by Gasteiger charge is 2.15. The zero-order chi connectivity index (χ0) is 18.9. The third-order valence-electron chi connectivity index (χ3n) is 4.32. The fourth-order valence-electron chi connectivity index (χ4n) is 2.98. The molecule has 0 aromatic heterocycles. The van der Waals surface area contributed by atoms with Crippen molar-refractivity contribution in [2.45, 2.75) is 6.42 Å². The molecule has 0 aliphatic carbocycles. The van der Waals surface area contributed by atoms with Crippen LogP contribution in [-0.4, -0.2) is 57.7 Å². The van der Waals surface area contributed by atoms with Gasteiger partial charge in [0.05, 0.1) is 25.5 Å². The standard InChI is InChI=1S/C20H26N6O/c1-22-8-9-23-17-14-19(25-20(15-17)24-7-6-21)16-2-4-18(5-3-16)26-10-12-27-13-11-26/h2-5,8-9,14,23H,1,6-7,10-13,15,21H2/b9-8-,24-20?. The number of nitrogens with zero attached hydrogens (tertiary/aromatic N) is 4. The summed E-state index contributed by atoms with van der Waals surface area (Å²) in [6.45, 7) is 7.92. The molecule has 7 heteroatoms. The number of benzene rings is 1. The van der Waals surface area contributed by atoms with Gasteiger partial charge in [0.1, 0.15) is 5.84 Å². The van der Waals surface area contributed by atoms with E-state index in [1.165, 1.54) is 5.69 Å². The number of anilines is 1. The summed E-state index contributed by atoms with van der Waals surface area (Å²) in [6.07, 6.45) is 6.04. The Morgan fingerprint density at radius 1 is 1.26 bits per heavy atom. The predicted molar refractivity (Wildman–Crippen MR) is 112 cm³/mol. The third kappa shape index (κ3) is 5.35. The molecule has 2 aliphatic heterocycles. The van der Waals surface area contributed by atoms with Crippen LogP contribution in [0.5, 0.6) is 0 Å². The first-order chi connectivity index (χ1) is 13.3. The number of amidine groups is 1. The summed E-state index contributed by atoms with van der Waals surface area (Å²) in [6, 6.07) is 8.48. The molecule has 0 radical (unpaired) electrons. The van der Waals surface area contributed by atoms with Gasteiger partial charge < -0.3 is 20.7 Å². The molecule has 3 rings (SSSR count). The number of ether oxygens (including phenoxy) is 1. The number of nitrogens with two attached hydrogens (primary N) is 1. The van der Waals surface area contributed by atoms with E-state index in [-0.39, 0.29) is 0 Å². The van der Waals surface area contributed by atoms with Crippen LogP contribution in [0.25, 0.3) is 0 Å². The largest absolute Gasteiger partial charge is 0.378 e. The van der Waals surface area contributed by atoms with Gasteiger partial charge in [0, 0.05) is 55.4 Å². The molecule has 0 bridgehead atoms. The van der Waals surface area contributed by atoms with Crippen LogP contribution in [0, 0.1) is 0 Å². The van der Waals surface area contributed by atoms with E-state index in [4.69, 9.17) is 15.5 Å². The van der Waals surface area contributed by atoms with Gasteiger partial charge in [-0.2, -0.15) is 0 Å². The van der Waals surface area contributed by atoms with Gasteiger partial charge in [0.25, 0.3) is 0 Å². The van der Waals surface area contributed by atoms with Crippen LogP contribution in [0.1, 0.15) is 12.0 Å². The molecule has 7 nitrogen and oxygen atoms in total. The van der Waals surface area contributed by atoms with Gasteiger partial charge >= 0.3 is 0 Å². The van der Waals surface area contributed by atoms with E-state index in [9.17, 15) is 0 Å². The van der Waals surface area contributed by atoms with Crippen molar-refractivity contribution in [1.29, 1.82) is 0 Å². The minimum atomic E-state index is 0.509. The second-order valence-electron chi connectivity index (χ2n) is 6.22. The summed E-state index contributed by atoms with van der Waals surface area (Å²) >= 11 is 0. The topological polar surface area (TPSA) is 87.6 Å². The zero-order valence-corrected chi connectivity index (χ0v) is 15.5. The number of hydrogen-bond donors (Lipinski definition) is 2. The van der Waals surface area contributed by atoms with E-state index < -0.39 is 0 Å². The second kappa shape index (κ2) is 9.80. The molecule has 2 heterocycles. The molecule has 0 spiro atoms. The molecule has 1 aromatic rings. The SMILES string of the molecule is C=N/C=C\NC1=CC(c2ccc(N3CCOCC3)cc2)=NC(=NCCN)C1. The number of hydrogen-bond acceptors (Lipinski definition) is 6. The van der Waals surface area contributed by atoms with Crippen LogP contribution in [0.2, 0.25) is 0 Å². The lowest BCUT2D eigenvalue weighted by Gasteiger charge is -2.29. The van der Waals surface area contributed by atoms with E-state index in [2.05, 4.69) is 51.2 Å². The highest BCUT2D eigenvalue weighted by atomic mass is 16.5. The van der Waals surface area contributed by atoms with Gasteiger partial charge in [0.15, 0.2) is 0 Å². The van der Waals surface area contributed by atoms with Gasteiger partial charge in [-0.15, -0.1) is 0 Å². The molecule has 0 amide bonds. The molecular formula is C20H26N6O. The Morgan fingerprint density at radius 3 is 2.74 bits per heavy atom. The Hall–Kier alpha value is -2.77. The Morgan fingerprint density at radius 2 is 2.04 bits per heavy atom. The molecular weight excluding hydrogens is 340 g/mol. The fraction of sp³-hybridized carbons (Fsp3) is 0.350. The summed E-state index contributed by atoms with van der Waals surface area (Å²) < 4.78 is 5.42. The monoisotopic (exact) mass is 366 g/mol. The van der Waals surface area contributed by atoms with Crippen molar-refractivity contribution < 1.29 is 4.74 Å². The molecule has 142 valence electrons. The van der Waals surface area contributed by atoms with Crippen LogP contribution in [0.4, 0.5) is 5.69 Å². The third-order valence-corrected chi connectivity index (χ3v) is 4.32. The quantitative estimate of drug-likeness (QED) is 0.719. The predicted octanol–water partition coefficient (Wildman–Crippen LogP) is 1.72. The minimum absolute atomic E-state index is 0.509. The van der Waals surface area contributed by atoms with E-state index in [1.807, 2.05) is 6.08 Å². The first-order valence-corrected chi connectivity index (χ1v) is 9.13. The number of morpholine rings is 1. The van der Waals surface area contributed by atoms with Crippen molar-refractivity contribution in [3.8, 4) is 0 Å². The van der Waals surface area contributed by atoms with E-state index in [0.29, 0.717) is 19.5 Å². The van der Waals surface area contributed by atoms with E-state index in [0.717, 1.165) is 49.1 Å². The smallest absolute Gasteiger partial charge is 0.129 e. The number of dihydropyridines is 1. The summed E-state index contributed by atoms with van der Waals surface area (Å²) in [5.41, 5.74) is 9.73. The van der Waals surface area contributed by atoms with Crippen LogP contribution in [0.15, 0.2) is 63.4 Å². The lowest BCUT2D eigenvalue weighted by molar-refractivity contribution is 0.122. The number of rotatable bonds is 7. The first-order valence-electron chi connectivity index (χ1n) is 9.13. The Labute approximate surface area is 160 Å². The molecule has 1 aromatic carbocycles. The highest BCUT2D eigenvalue weighted by molar-refractivity contribution is 6.16. The average molecular weight is 366 g/mol. The summed E-state index contributed by atoms with van der Waals surface area (Å²) in [7, 11) is 0. The number of aliphatic imine (C=N–C) groups is 3. The summed E-state index contributed by atoms with van der Waals surface area (Å²) in [5.74, 6) is 0.776. The summed E-state index contributed by atoms with van der Waals surface area (Å²) in [5, 5.41) is 3.22. The van der Waals surface area contributed by atoms with Crippen LogP contribution in [0.3, 0.4) is 0 Å². The van der Waals surface area contributed by atoms with Crippen molar-refractivity contribution in [2.75, 3.05) is 44.3 Å². The van der Waals surface area contributed by atoms with E-state index in [1.54, 1.807) is 12.4 Å². The Balaban J connectivity index is 1.81. The maximum absolute atomic E-state index is 5.58. The maximum Gasteiger partial charge on any atom is 0.129 e. The van der Waals surface area contributed by atoms with Crippen LogP contribution >= 0.6 is 0 Å². The minimum Gasteiger partial charge on any atom is -0.378 e. The Bertz CT molecular complexity index is 757. The first kappa shape index (κ1) is 19.0. The lowest BCUT2D eigenvalue weighted by Crippen LogP contribution is -2.36. The molecule has 1 saturated heterocycles. The number of nitrogens with one attached hydrogen (secondary N) is 1. The number of allylic oxidation sites excluding steroid dienone is 1. The molecule has 0 unspecified atom stereocenters. The molecule has 3 N–H and O–H groups in total. The van der Waals surface area contributed by atoms with Crippen molar-refractivity contribution in [2.24, 2.45) is 20.7 Å². The molecule has 1 fully saturated rings.